The number of rotatable bonds is 7. The predicted molar refractivity (Wildman–Crippen MR) is 213 cm³/mol. The van der Waals surface area contributed by atoms with E-state index in [0.717, 1.165) is 24.3 Å². The molecule has 0 heterocycles. The van der Waals surface area contributed by atoms with Crippen LogP contribution in [0.3, 0.4) is 0 Å². The van der Waals surface area contributed by atoms with Gasteiger partial charge in [0.1, 0.15) is 0 Å². The molecule has 6 aromatic carbocycles. The van der Waals surface area contributed by atoms with E-state index in [0.29, 0.717) is 68.6 Å². The Morgan fingerprint density at radius 1 is 0.569 bits per heavy atom. The zero-order valence-electron chi connectivity index (χ0n) is 29.8. The molecule has 0 saturated heterocycles. The van der Waals surface area contributed by atoms with Gasteiger partial charge in [-0.05, 0) is 107 Å². The number of nitrogens with one attached hydrogen (secondary N) is 1. The van der Waals surface area contributed by atoms with E-state index in [1.807, 2.05) is 0 Å². The predicted octanol–water partition coefficient (Wildman–Crippen LogP) is 10.8. The molecule has 8 nitrogen and oxygen atoms in total. The van der Waals surface area contributed by atoms with E-state index in [1.54, 1.807) is 66.7 Å². The van der Waals surface area contributed by atoms with Crippen molar-refractivity contribution in [3.8, 4) is 22.3 Å². The molecule has 0 spiro atoms. The van der Waals surface area contributed by atoms with E-state index < -0.39 is 34.6 Å². The van der Waals surface area contributed by atoms with Gasteiger partial charge in [0.05, 0.1) is 11.1 Å². The van der Waals surface area contributed by atoms with Gasteiger partial charge < -0.3 is 22.5 Å². The van der Waals surface area contributed by atoms with E-state index in [-0.39, 0.29) is 17.4 Å². The molecule has 0 unspecified atom stereocenters. The van der Waals surface area contributed by atoms with Crippen LogP contribution in [-0.2, 0) is 12.4 Å². The van der Waals surface area contributed by atoms with Crippen LogP contribution in [0.15, 0.2) is 133 Å². The van der Waals surface area contributed by atoms with Crippen LogP contribution in [0.2, 0.25) is 0 Å². The summed E-state index contributed by atoms with van der Waals surface area (Å²) in [6.07, 6.45) is -7.49. The molecule has 1 amide bonds. The van der Waals surface area contributed by atoms with E-state index in [2.05, 4.69) is 5.32 Å². The highest BCUT2D eigenvalue weighted by molar-refractivity contribution is 6.68. The Bertz CT molecular complexity index is 2390. The summed E-state index contributed by atoms with van der Waals surface area (Å²) < 4.78 is 75.7. The summed E-state index contributed by atoms with van der Waals surface area (Å²) in [7, 11) is 0. The Hall–Kier alpha value is -7.00. The van der Waals surface area contributed by atoms with Gasteiger partial charge in [-0.15, -0.1) is 0 Å². The summed E-state index contributed by atoms with van der Waals surface area (Å²) in [6.45, 7) is 0. The van der Waals surface area contributed by atoms with Gasteiger partial charge in [0.25, 0.3) is 11.1 Å². The number of carbonyl (C=O) groups is 4. The highest BCUT2D eigenvalue weighted by Gasteiger charge is 2.31. The molecule has 7 N–H and O–H groups in total. The first kappa shape index (κ1) is 45.4. The number of amides is 1. The summed E-state index contributed by atoms with van der Waals surface area (Å²) in [5.41, 5.74) is 20.0. The molecular formula is C42H34ClF7N4O4. The van der Waals surface area contributed by atoms with Crippen molar-refractivity contribution in [2.45, 2.75) is 12.4 Å². The number of carbonyl (C=O) groups excluding carboxylic acids is 4. The van der Waals surface area contributed by atoms with Crippen LogP contribution in [0.4, 0.5) is 53.8 Å². The molecule has 0 aliphatic rings. The van der Waals surface area contributed by atoms with Gasteiger partial charge in [0, 0.05) is 46.4 Å². The normalized spacial score (nSPS) is 10.7. The number of nitrogen functional groups attached to an aromatic ring is 3. The first-order valence-corrected chi connectivity index (χ1v) is 16.8. The zero-order valence-corrected chi connectivity index (χ0v) is 30.5. The van der Waals surface area contributed by atoms with Crippen LogP contribution in [-0.4, -0.2) is 23.7 Å². The Labute approximate surface area is 333 Å². The minimum atomic E-state index is -4.43. The maximum absolute atomic E-state index is 12.8. The van der Waals surface area contributed by atoms with E-state index in [1.165, 1.54) is 42.5 Å². The number of halogens is 8. The second-order valence-electron chi connectivity index (χ2n) is 11.9. The van der Waals surface area contributed by atoms with Crippen molar-refractivity contribution in [2.24, 2.45) is 0 Å². The summed E-state index contributed by atoms with van der Waals surface area (Å²) in [4.78, 5) is 45.0. The van der Waals surface area contributed by atoms with Gasteiger partial charge in [-0.3, -0.25) is 23.9 Å². The van der Waals surface area contributed by atoms with E-state index in [4.69, 9.17) is 28.8 Å². The van der Waals surface area contributed by atoms with Crippen molar-refractivity contribution in [1.29, 1.82) is 0 Å². The van der Waals surface area contributed by atoms with Gasteiger partial charge in [-0.1, -0.05) is 60.7 Å². The van der Waals surface area contributed by atoms with Crippen LogP contribution in [0.25, 0.3) is 22.3 Å². The molecule has 58 heavy (non-hydrogen) atoms. The molecule has 16 heteroatoms. The number of nitrogens with two attached hydrogens (primary N) is 3. The fourth-order valence-electron chi connectivity index (χ4n) is 5.18. The lowest BCUT2D eigenvalue weighted by Crippen LogP contribution is -2.13. The number of aldehydes is 2. The molecule has 0 atom stereocenters. The van der Waals surface area contributed by atoms with Gasteiger partial charge in [0.2, 0.25) is 0 Å². The van der Waals surface area contributed by atoms with Crippen molar-refractivity contribution in [2.75, 3.05) is 22.5 Å². The van der Waals surface area contributed by atoms with Gasteiger partial charge in [0.15, 0.2) is 12.6 Å². The second kappa shape index (κ2) is 19.7. The third kappa shape index (κ3) is 12.0. The molecule has 0 radical (unpaired) electrons. The van der Waals surface area contributed by atoms with Crippen LogP contribution >= 0.6 is 11.6 Å². The Morgan fingerprint density at radius 3 is 1.40 bits per heavy atom. The minimum Gasteiger partial charge on any atom is -0.399 e. The molecular weight excluding hydrogens is 793 g/mol. The Balaban J connectivity index is 0.000000334. The number of hydrogen-bond donors (Lipinski definition) is 4. The summed E-state index contributed by atoms with van der Waals surface area (Å²) in [5.74, 6) is -0.450. The average Bonchev–Trinajstić information content (AvgIpc) is 3.18. The van der Waals surface area contributed by atoms with E-state index >= 15 is 0 Å². The van der Waals surface area contributed by atoms with Crippen molar-refractivity contribution >= 4 is 58.1 Å². The van der Waals surface area contributed by atoms with Crippen LogP contribution in [0.5, 0.6) is 0 Å². The molecule has 6 rings (SSSR count). The highest BCUT2D eigenvalue weighted by atomic mass is 35.5. The van der Waals surface area contributed by atoms with Crippen LogP contribution < -0.4 is 22.5 Å². The van der Waals surface area contributed by atoms with Crippen molar-refractivity contribution < 1.29 is 51.7 Å². The van der Waals surface area contributed by atoms with Gasteiger partial charge in [-0.2, -0.15) is 26.3 Å². The highest BCUT2D eigenvalue weighted by Crippen LogP contribution is 2.33. The lowest BCUT2D eigenvalue weighted by Gasteiger charge is -2.12. The largest absolute Gasteiger partial charge is 0.416 e. The number of hydrogen-bond acceptors (Lipinski definition) is 7. The minimum absolute atomic E-state index is 0. The first-order chi connectivity index (χ1) is 26.9. The SMILES string of the molecule is F.Nc1cc(NC(=O)c2ccccc2-c2ccc(C(F)(F)F)cc2)ccc1C=O.Nc1ccc(C=O)c(N)c1.O=C(Cl)c1ccccc1-c1ccc(C(F)(F)F)cc1.[3HH]. The standard InChI is InChI=1S/C21H15F3N2O2.C14H8ClF3O.C7H8N2O.FH.H2/c22-21(23,24)15-8-5-13(6-9-15)17-3-1-2-4-18(17)20(28)26-16-10-7-14(12-27)19(25)11-16;15-13(19)12-4-2-1-3-11(12)9-5-7-10(8-6-9)14(16,17)18;8-6-2-1-5(4-10)7(9)3-6;;/h1-12H,25H2,(H,26,28);1-8H;1-4H,8-9H2;2*1H/i;;;;1+2. The lowest BCUT2D eigenvalue weighted by molar-refractivity contribution is -0.138. The number of anilines is 4. The third-order valence-electron chi connectivity index (χ3n) is 8.07. The van der Waals surface area contributed by atoms with Crippen molar-refractivity contribution in [3.05, 3.63) is 167 Å². The van der Waals surface area contributed by atoms with Crippen LogP contribution in [0.1, 0.15) is 54.0 Å². The Kier molecular flexibility index (Phi) is 15.4. The molecule has 302 valence electrons. The Morgan fingerprint density at radius 2 is 0.983 bits per heavy atom. The fourth-order valence-corrected chi connectivity index (χ4v) is 5.34. The van der Waals surface area contributed by atoms with Crippen molar-refractivity contribution in [3.63, 3.8) is 0 Å². The molecule has 0 aliphatic carbocycles. The quantitative estimate of drug-likeness (QED) is 0.0539. The summed E-state index contributed by atoms with van der Waals surface area (Å²) >= 11 is 5.44. The monoisotopic (exact) mass is 828 g/mol. The number of benzene rings is 6. The molecule has 0 fully saturated rings. The average molecular weight is 829 g/mol. The third-order valence-corrected chi connectivity index (χ3v) is 8.27. The zero-order chi connectivity index (χ0) is 41.9. The maximum atomic E-state index is 12.8. The second-order valence-corrected chi connectivity index (χ2v) is 12.3. The smallest absolute Gasteiger partial charge is 0.399 e. The molecule has 0 saturated carbocycles. The summed E-state index contributed by atoms with van der Waals surface area (Å²) in [5, 5.41) is 2.04. The maximum Gasteiger partial charge on any atom is 0.416 e. The van der Waals surface area contributed by atoms with Gasteiger partial charge >= 0.3 is 12.4 Å². The topological polar surface area (TPSA) is 158 Å². The molecule has 0 bridgehead atoms. The van der Waals surface area contributed by atoms with E-state index in [9.17, 15) is 45.5 Å². The summed E-state index contributed by atoms with van der Waals surface area (Å²) in [6, 6.07) is 31.6. The number of alkyl halides is 6. The molecule has 6 aromatic rings. The van der Waals surface area contributed by atoms with Gasteiger partial charge in [-0.25, -0.2) is 0 Å². The molecule has 0 aliphatic heterocycles. The molecule has 0 aromatic heterocycles. The van der Waals surface area contributed by atoms with Crippen molar-refractivity contribution in [1.82, 2.24) is 0 Å². The lowest BCUT2D eigenvalue weighted by atomic mass is 9.98. The first-order valence-electron chi connectivity index (χ1n) is 16.4. The van der Waals surface area contributed by atoms with Crippen LogP contribution in [0, 0.1) is 0 Å². The fraction of sp³-hybridized carbons (Fsp3) is 0.0476.